The first-order valence-electron chi connectivity index (χ1n) is 13.3. The van der Waals surface area contributed by atoms with Crippen LogP contribution in [0.3, 0.4) is 0 Å². The average Bonchev–Trinajstić information content (AvgIpc) is 2.95. The van der Waals surface area contributed by atoms with Gasteiger partial charge < -0.3 is 20.7 Å². The van der Waals surface area contributed by atoms with Crippen LogP contribution in [-0.4, -0.2) is 65.5 Å². The highest BCUT2D eigenvalue weighted by Crippen LogP contribution is 2.32. The van der Waals surface area contributed by atoms with E-state index in [1.54, 1.807) is 12.1 Å². The molecule has 1 aromatic heterocycles. The number of benzene rings is 2. The van der Waals surface area contributed by atoms with E-state index in [1.165, 1.54) is 16.4 Å². The Kier molecular flexibility index (Phi) is 8.57. The number of carbonyl (C=O) groups excluding carboxylic acids is 1. The molecule has 0 radical (unpaired) electrons. The van der Waals surface area contributed by atoms with Crippen LogP contribution in [-0.2, 0) is 27.4 Å². The summed E-state index contributed by atoms with van der Waals surface area (Å²) in [6, 6.07) is 7.45. The fourth-order valence-electron chi connectivity index (χ4n) is 4.68. The first-order chi connectivity index (χ1) is 20.7. The zero-order valence-corrected chi connectivity index (χ0v) is 23.5. The van der Waals surface area contributed by atoms with Crippen molar-refractivity contribution in [3.8, 4) is 6.01 Å². The van der Waals surface area contributed by atoms with Gasteiger partial charge in [0.1, 0.15) is 0 Å². The number of nitrogens with one attached hydrogen (secondary N) is 3. The first-order valence-corrected chi connectivity index (χ1v) is 14.7. The van der Waals surface area contributed by atoms with Gasteiger partial charge >= 0.3 is 18.4 Å². The van der Waals surface area contributed by atoms with Gasteiger partial charge in [-0.1, -0.05) is 6.07 Å². The van der Waals surface area contributed by atoms with E-state index in [9.17, 15) is 39.6 Å². The lowest BCUT2D eigenvalue weighted by molar-refractivity contribution is -0.154. The highest BCUT2D eigenvalue weighted by Gasteiger charge is 2.33. The highest BCUT2D eigenvalue weighted by molar-refractivity contribution is 7.89. The van der Waals surface area contributed by atoms with Crippen molar-refractivity contribution < 1.29 is 44.3 Å². The number of ether oxygens (including phenoxy) is 1. The van der Waals surface area contributed by atoms with Crippen LogP contribution >= 0.6 is 0 Å². The van der Waals surface area contributed by atoms with E-state index in [0.717, 1.165) is 23.8 Å². The Bertz CT molecular complexity index is 1640. The second kappa shape index (κ2) is 12.1. The summed E-state index contributed by atoms with van der Waals surface area (Å²) in [6.45, 7) is -1.51. The van der Waals surface area contributed by atoms with Crippen molar-refractivity contribution in [1.29, 1.82) is 0 Å². The Morgan fingerprint density at radius 2 is 1.68 bits per heavy atom. The Morgan fingerprint density at radius 3 is 2.39 bits per heavy atom. The third-order valence-corrected chi connectivity index (χ3v) is 8.72. The number of sulfonamides is 1. The molecule has 2 aromatic carbocycles. The Balaban J connectivity index is 1.28. The number of hydrogen-bond donors (Lipinski definition) is 3. The number of hydrogen-bond acceptors (Lipinski definition) is 9. The van der Waals surface area contributed by atoms with Gasteiger partial charge in [0.15, 0.2) is 6.61 Å². The molecule has 2 aliphatic heterocycles. The van der Waals surface area contributed by atoms with E-state index in [-0.39, 0.29) is 60.7 Å². The zero-order valence-electron chi connectivity index (χ0n) is 22.7. The second-order valence-electron chi connectivity index (χ2n) is 10.1. The van der Waals surface area contributed by atoms with E-state index >= 15 is 0 Å². The van der Waals surface area contributed by atoms with E-state index in [0.29, 0.717) is 12.1 Å². The molecule has 0 unspecified atom stereocenters. The maximum Gasteiger partial charge on any atom is 0.422 e. The normalized spacial score (nSPS) is 16.6. The smallest absolute Gasteiger partial charge is 0.422 e. The molecule has 0 atom stereocenters. The van der Waals surface area contributed by atoms with E-state index in [2.05, 4.69) is 35.6 Å². The van der Waals surface area contributed by atoms with Gasteiger partial charge in [0, 0.05) is 36.9 Å². The van der Waals surface area contributed by atoms with Gasteiger partial charge in [0.2, 0.25) is 27.8 Å². The minimum atomic E-state index is -4.71. The van der Waals surface area contributed by atoms with Crippen molar-refractivity contribution in [2.45, 2.75) is 49.0 Å². The fourth-order valence-corrected chi connectivity index (χ4v) is 6.20. The standard InChI is InChI=1S/C26H25F6N7O4S/c27-25(28,29)14-43-24-37-22(36-23(38-24)34-18-3-1-2-16(13-18)26(30,31)32)33-17-8-10-39(11-9-17)44(41,42)19-5-6-20-15(12-19)4-7-21(40)35-20/h1-3,5-6,12-13,17H,4,7-11,14H2,(H,35,40)(H2,33,34,36,37,38). The number of halogens is 6. The molecular weight excluding hydrogens is 620 g/mol. The Hall–Kier alpha value is -4.19. The molecule has 3 heterocycles. The van der Waals surface area contributed by atoms with Gasteiger partial charge in [-0.3, -0.25) is 4.79 Å². The Labute approximate surface area is 247 Å². The number of amides is 1. The lowest BCUT2D eigenvalue weighted by atomic mass is 10.0. The largest absolute Gasteiger partial charge is 0.454 e. The summed E-state index contributed by atoms with van der Waals surface area (Å²) in [5, 5.41) is 8.16. The van der Waals surface area contributed by atoms with Crippen LogP contribution in [0.25, 0.3) is 0 Å². The van der Waals surface area contributed by atoms with Crippen molar-refractivity contribution >= 4 is 39.2 Å². The van der Waals surface area contributed by atoms with Crippen LogP contribution in [0.15, 0.2) is 47.4 Å². The number of aryl methyl sites for hydroxylation is 1. The molecule has 3 aromatic rings. The van der Waals surface area contributed by atoms with Gasteiger partial charge in [-0.15, -0.1) is 0 Å². The Morgan fingerprint density at radius 1 is 0.955 bits per heavy atom. The van der Waals surface area contributed by atoms with Crippen LogP contribution in [0.4, 0.5) is 49.6 Å². The number of piperidine rings is 1. The predicted molar refractivity (Wildman–Crippen MR) is 145 cm³/mol. The minimum Gasteiger partial charge on any atom is -0.454 e. The van der Waals surface area contributed by atoms with E-state index in [1.807, 2.05) is 0 Å². The number of fused-ring (bicyclic) bond motifs is 1. The molecule has 236 valence electrons. The van der Waals surface area contributed by atoms with Crippen LogP contribution in [0.5, 0.6) is 6.01 Å². The molecule has 1 amide bonds. The monoisotopic (exact) mass is 645 g/mol. The number of anilines is 4. The molecule has 1 fully saturated rings. The predicted octanol–water partition coefficient (Wildman–Crippen LogP) is 4.73. The topological polar surface area (TPSA) is 138 Å². The summed E-state index contributed by atoms with van der Waals surface area (Å²) in [5.41, 5.74) is 0.241. The molecular formula is C26H25F6N7O4S. The molecule has 3 N–H and O–H groups in total. The van der Waals surface area contributed by atoms with Crippen molar-refractivity contribution in [2.75, 3.05) is 35.6 Å². The fraction of sp³-hybridized carbons (Fsp3) is 0.385. The number of aromatic nitrogens is 3. The van der Waals surface area contributed by atoms with Crippen LogP contribution in [0.1, 0.15) is 30.4 Å². The van der Waals surface area contributed by atoms with Gasteiger partial charge in [-0.2, -0.15) is 45.6 Å². The van der Waals surface area contributed by atoms with E-state index < -0.39 is 46.6 Å². The maximum absolute atomic E-state index is 13.3. The van der Waals surface area contributed by atoms with Gasteiger partial charge in [-0.25, -0.2) is 8.42 Å². The second-order valence-corrected chi connectivity index (χ2v) is 12.0. The van der Waals surface area contributed by atoms with Gasteiger partial charge in [-0.05, 0) is 61.2 Å². The lowest BCUT2D eigenvalue weighted by Crippen LogP contribution is -2.42. The molecule has 0 aliphatic carbocycles. The molecule has 0 saturated carbocycles. The van der Waals surface area contributed by atoms with Crippen LogP contribution < -0.4 is 20.7 Å². The van der Waals surface area contributed by atoms with Crippen LogP contribution in [0, 0.1) is 0 Å². The third kappa shape index (κ3) is 7.65. The van der Waals surface area contributed by atoms with Crippen molar-refractivity contribution in [3.63, 3.8) is 0 Å². The average molecular weight is 646 g/mol. The molecule has 0 bridgehead atoms. The highest BCUT2D eigenvalue weighted by atomic mass is 32.2. The summed E-state index contributed by atoms with van der Waals surface area (Å²) < 4.78 is 110. The summed E-state index contributed by atoms with van der Waals surface area (Å²) in [5.74, 6) is -0.731. The van der Waals surface area contributed by atoms with Crippen molar-refractivity contribution in [2.24, 2.45) is 0 Å². The molecule has 5 rings (SSSR count). The van der Waals surface area contributed by atoms with Gasteiger partial charge in [0.05, 0.1) is 10.5 Å². The van der Waals surface area contributed by atoms with Crippen molar-refractivity contribution in [3.05, 3.63) is 53.6 Å². The summed E-state index contributed by atoms with van der Waals surface area (Å²) in [4.78, 5) is 23.4. The summed E-state index contributed by atoms with van der Waals surface area (Å²) in [7, 11) is -3.85. The number of alkyl halides is 6. The summed E-state index contributed by atoms with van der Waals surface area (Å²) in [6.07, 6.45) is -8.11. The molecule has 0 spiro atoms. The van der Waals surface area contributed by atoms with Crippen LogP contribution in [0.2, 0.25) is 0 Å². The van der Waals surface area contributed by atoms with Crippen molar-refractivity contribution in [1.82, 2.24) is 19.3 Å². The maximum atomic E-state index is 13.3. The molecule has 2 aliphatic rings. The molecule has 11 nitrogen and oxygen atoms in total. The number of nitrogens with zero attached hydrogens (tertiary/aromatic N) is 4. The first kappa shape index (κ1) is 31.2. The van der Waals surface area contributed by atoms with E-state index in [4.69, 9.17) is 0 Å². The molecule has 18 heteroatoms. The summed E-state index contributed by atoms with van der Waals surface area (Å²) >= 11 is 0. The lowest BCUT2D eigenvalue weighted by Gasteiger charge is -2.32. The SMILES string of the molecule is O=C1CCc2cc(S(=O)(=O)N3CCC(Nc4nc(Nc5cccc(C(F)(F)F)c5)nc(OCC(F)(F)F)n4)CC3)ccc2N1. The zero-order chi connectivity index (χ0) is 31.7. The molecule has 44 heavy (non-hydrogen) atoms. The number of carbonyl (C=O) groups is 1. The molecule has 1 saturated heterocycles. The number of rotatable bonds is 8. The third-order valence-electron chi connectivity index (χ3n) is 6.82. The van der Waals surface area contributed by atoms with Gasteiger partial charge in [0.25, 0.3) is 0 Å². The quantitative estimate of drug-likeness (QED) is 0.297. The minimum absolute atomic E-state index is 0.0816.